The highest BCUT2D eigenvalue weighted by Gasteiger charge is 1.97. The Hall–Kier alpha value is -0.780. The van der Waals surface area contributed by atoms with E-state index in [1.54, 1.807) is 0 Å². The van der Waals surface area contributed by atoms with Crippen molar-refractivity contribution in [3.05, 3.63) is 36.5 Å². The highest BCUT2D eigenvalue weighted by molar-refractivity contribution is 5.15. The van der Waals surface area contributed by atoms with Gasteiger partial charge in [-0.25, -0.2) is 0 Å². The second kappa shape index (κ2) is 4.10. The molecule has 0 saturated carbocycles. The molecule has 1 rings (SSSR count). The topological polar surface area (TPSA) is 0 Å². The van der Waals surface area contributed by atoms with Crippen molar-refractivity contribution in [2.24, 2.45) is 5.92 Å². The Kier molecular flexibility index (Phi) is 3.01. The van der Waals surface area contributed by atoms with E-state index in [0.29, 0.717) is 5.92 Å². The molecule has 0 saturated heterocycles. The Balaban J connectivity index is 2.36. The molecule has 0 aliphatic heterocycles. The lowest BCUT2D eigenvalue weighted by Crippen LogP contribution is -1.91. The van der Waals surface area contributed by atoms with Crippen LogP contribution in [0.5, 0.6) is 0 Å². The molecule has 0 spiro atoms. The SMILES string of the molecule is CC/C=C/C1C=CC=CC1. The fourth-order valence-electron chi connectivity index (χ4n) is 1.05. The number of allylic oxidation sites excluding steroid dienone is 6. The maximum Gasteiger partial charge on any atom is -0.00157 e. The summed E-state index contributed by atoms with van der Waals surface area (Å²) in [5.74, 6) is 0.657. The fourth-order valence-corrected chi connectivity index (χ4v) is 1.05. The monoisotopic (exact) mass is 134 g/mol. The summed E-state index contributed by atoms with van der Waals surface area (Å²) in [6.07, 6.45) is 15.5. The van der Waals surface area contributed by atoms with Gasteiger partial charge in [0, 0.05) is 0 Å². The zero-order chi connectivity index (χ0) is 7.23. The van der Waals surface area contributed by atoms with Crippen molar-refractivity contribution in [3.63, 3.8) is 0 Å². The third-order valence-electron chi connectivity index (χ3n) is 1.63. The largest absolute Gasteiger partial charge is 0.0882 e. The summed E-state index contributed by atoms with van der Waals surface area (Å²) in [5.41, 5.74) is 0. The summed E-state index contributed by atoms with van der Waals surface area (Å²) < 4.78 is 0. The molecule has 0 nitrogen and oxygen atoms in total. The van der Waals surface area contributed by atoms with Gasteiger partial charge in [0.2, 0.25) is 0 Å². The minimum absolute atomic E-state index is 0.657. The summed E-state index contributed by atoms with van der Waals surface area (Å²) in [6.45, 7) is 2.17. The first-order chi connectivity index (χ1) is 4.93. The van der Waals surface area contributed by atoms with Crippen molar-refractivity contribution >= 4 is 0 Å². The van der Waals surface area contributed by atoms with Crippen molar-refractivity contribution in [3.8, 4) is 0 Å². The molecule has 1 aliphatic rings. The molecule has 54 valence electrons. The van der Waals surface area contributed by atoms with Gasteiger partial charge in [0.1, 0.15) is 0 Å². The van der Waals surface area contributed by atoms with Crippen LogP contribution in [0.15, 0.2) is 36.5 Å². The average Bonchev–Trinajstić information content (AvgIpc) is 2.03. The van der Waals surface area contributed by atoms with Crippen molar-refractivity contribution in [1.82, 2.24) is 0 Å². The molecular weight excluding hydrogens is 120 g/mol. The number of hydrogen-bond donors (Lipinski definition) is 0. The van der Waals surface area contributed by atoms with Gasteiger partial charge in [0.25, 0.3) is 0 Å². The van der Waals surface area contributed by atoms with Gasteiger partial charge in [0.15, 0.2) is 0 Å². The Bertz CT molecular complexity index is 161. The maximum absolute atomic E-state index is 2.28. The lowest BCUT2D eigenvalue weighted by atomic mass is 10.0. The summed E-state index contributed by atoms with van der Waals surface area (Å²) >= 11 is 0. The van der Waals surface area contributed by atoms with Crippen molar-refractivity contribution in [1.29, 1.82) is 0 Å². The Morgan fingerprint density at radius 1 is 1.50 bits per heavy atom. The second-order valence-electron chi connectivity index (χ2n) is 2.55. The van der Waals surface area contributed by atoms with E-state index in [2.05, 4.69) is 43.4 Å². The van der Waals surface area contributed by atoms with Crippen molar-refractivity contribution in [2.45, 2.75) is 19.8 Å². The number of hydrogen-bond acceptors (Lipinski definition) is 0. The maximum atomic E-state index is 2.28. The van der Waals surface area contributed by atoms with E-state index in [1.165, 1.54) is 6.42 Å². The summed E-state index contributed by atoms with van der Waals surface area (Å²) in [5, 5.41) is 0. The van der Waals surface area contributed by atoms with Crippen LogP contribution in [0.25, 0.3) is 0 Å². The van der Waals surface area contributed by atoms with E-state index < -0.39 is 0 Å². The zero-order valence-electron chi connectivity index (χ0n) is 6.46. The van der Waals surface area contributed by atoms with E-state index in [9.17, 15) is 0 Å². The average molecular weight is 134 g/mol. The fraction of sp³-hybridized carbons (Fsp3) is 0.400. The van der Waals surface area contributed by atoms with E-state index in [4.69, 9.17) is 0 Å². The molecule has 0 amide bonds. The molecule has 0 aromatic carbocycles. The van der Waals surface area contributed by atoms with E-state index >= 15 is 0 Å². The van der Waals surface area contributed by atoms with Crippen molar-refractivity contribution < 1.29 is 0 Å². The van der Waals surface area contributed by atoms with Gasteiger partial charge in [-0.1, -0.05) is 43.4 Å². The summed E-state index contributed by atoms with van der Waals surface area (Å²) in [6, 6.07) is 0. The molecule has 0 aromatic rings. The van der Waals surface area contributed by atoms with Crippen LogP contribution < -0.4 is 0 Å². The molecule has 0 heterocycles. The highest BCUT2D eigenvalue weighted by Crippen LogP contribution is 2.12. The van der Waals surface area contributed by atoms with Crippen LogP contribution in [0.4, 0.5) is 0 Å². The second-order valence-corrected chi connectivity index (χ2v) is 2.55. The smallest absolute Gasteiger partial charge is 0.00157 e. The lowest BCUT2D eigenvalue weighted by Gasteiger charge is -2.05. The van der Waals surface area contributed by atoms with Crippen LogP contribution in [-0.2, 0) is 0 Å². The third-order valence-corrected chi connectivity index (χ3v) is 1.63. The van der Waals surface area contributed by atoms with Gasteiger partial charge >= 0.3 is 0 Å². The molecule has 0 bridgehead atoms. The van der Waals surface area contributed by atoms with Crippen LogP contribution in [0, 0.1) is 5.92 Å². The van der Waals surface area contributed by atoms with Crippen LogP contribution in [0.2, 0.25) is 0 Å². The minimum Gasteiger partial charge on any atom is -0.0882 e. The van der Waals surface area contributed by atoms with E-state index in [0.717, 1.165) is 6.42 Å². The van der Waals surface area contributed by atoms with Gasteiger partial charge in [-0.05, 0) is 18.8 Å². The van der Waals surface area contributed by atoms with E-state index in [1.807, 2.05) is 0 Å². The standard InChI is InChI=1S/C10H14/c1-2-3-7-10-8-5-4-6-9-10/h3-8,10H,2,9H2,1H3/b7-3+. The Labute approximate surface area is 62.9 Å². The predicted octanol–water partition coefficient (Wildman–Crippen LogP) is 3.08. The van der Waals surface area contributed by atoms with Gasteiger partial charge < -0.3 is 0 Å². The minimum atomic E-state index is 0.657. The molecule has 0 fully saturated rings. The van der Waals surface area contributed by atoms with Crippen LogP contribution in [-0.4, -0.2) is 0 Å². The Morgan fingerprint density at radius 2 is 2.40 bits per heavy atom. The van der Waals surface area contributed by atoms with Gasteiger partial charge in [0.05, 0.1) is 0 Å². The van der Waals surface area contributed by atoms with Crippen LogP contribution >= 0.6 is 0 Å². The van der Waals surface area contributed by atoms with Crippen molar-refractivity contribution in [2.75, 3.05) is 0 Å². The predicted molar refractivity (Wildman–Crippen MR) is 45.8 cm³/mol. The molecule has 1 aliphatic carbocycles. The van der Waals surface area contributed by atoms with E-state index in [-0.39, 0.29) is 0 Å². The first-order valence-electron chi connectivity index (χ1n) is 3.93. The molecule has 0 radical (unpaired) electrons. The quantitative estimate of drug-likeness (QED) is 0.509. The lowest BCUT2D eigenvalue weighted by molar-refractivity contribution is 0.817. The van der Waals surface area contributed by atoms with Gasteiger partial charge in [-0.15, -0.1) is 0 Å². The molecule has 1 unspecified atom stereocenters. The summed E-state index contributed by atoms with van der Waals surface area (Å²) in [4.78, 5) is 0. The molecule has 0 N–H and O–H groups in total. The normalized spacial score (nSPS) is 24.3. The molecule has 1 atom stereocenters. The van der Waals surface area contributed by atoms with Gasteiger partial charge in [-0.2, -0.15) is 0 Å². The molecule has 10 heavy (non-hydrogen) atoms. The third kappa shape index (κ3) is 2.22. The van der Waals surface area contributed by atoms with Gasteiger partial charge in [-0.3, -0.25) is 0 Å². The zero-order valence-corrected chi connectivity index (χ0v) is 6.46. The molecule has 0 heteroatoms. The summed E-state index contributed by atoms with van der Waals surface area (Å²) in [7, 11) is 0. The first kappa shape index (κ1) is 7.33. The molecular formula is C10H14. The van der Waals surface area contributed by atoms with Crippen LogP contribution in [0.1, 0.15) is 19.8 Å². The first-order valence-corrected chi connectivity index (χ1v) is 3.93. The Morgan fingerprint density at radius 3 is 3.00 bits per heavy atom. The molecule has 0 aromatic heterocycles. The van der Waals surface area contributed by atoms with Crippen LogP contribution in [0.3, 0.4) is 0 Å². The number of rotatable bonds is 2. The highest BCUT2D eigenvalue weighted by atomic mass is 14.0.